The van der Waals surface area contributed by atoms with Crippen LogP contribution >= 0.6 is 0 Å². The summed E-state index contributed by atoms with van der Waals surface area (Å²) in [6, 6.07) is 7.61. The molecule has 0 atom stereocenters. The van der Waals surface area contributed by atoms with Crippen molar-refractivity contribution in [2.75, 3.05) is 12.8 Å². The number of rotatable bonds is 7. The molecule has 22 heavy (non-hydrogen) atoms. The summed E-state index contributed by atoms with van der Waals surface area (Å²) in [6.07, 6.45) is 1.90. The number of amides is 1. The topological polar surface area (TPSA) is 66.5 Å². The Morgan fingerprint density at radius 1 is 1.23 bits per heavy atom. The third-order valence-electron chi connectivity index (χ3n) is 3.63. The third kappa shape index (κ3) is 6.15. The van der Waals surface area contributed by atoms with Crippen LogP contribution in [0.1, 0.15) is 38.3 Å². The molecule has 1 aromatic carbocycles. The lowest BCUT2D eigenvalue weighted by Crippen LogP contribution is -2.48. The van der Waals surface area contributed by atoms with Gasteiger partial charge >= 0.3 is 0 Å². The largest absolute Gasteiger partial charge is 0.350 e. The zero-order valence-electron chi connectivity index (χ0n) is 14.0. The SMILES string of the molecule is CCC(C)(C)NC(=O)CN(Cc1ccc(C)cc1)S(C)(=O)=O. The standard InChI is InChI=1S/C16H26N2O3S/c1-6-16(3,4)17-15(19)12-18(22(5,20)21)11-14-9-7-13(2)8-10-14/h7-10H,6,11-12H2,1-5H3,(H,17,19). The molecule has 0 aliphatic carbocycles. The van der Waals surface area contributed by atoms with Gasteiger partial charge in [-0.3, -0.25) is 4.79 Å². The summed E-state index contributed by atoms with van der Waals surface area (Å²) >= 11 is 0. The number of carbonyl (C=O) groups is 1. The number of nitrogens with one attached hydrogen (secondary N) is 1. The molecule has 0 aliphatic heterocycles. The van der Waals surface area contributed by atoms with Gasteiger partial charge in [-0.15, -0.1) is 0 Å². The van der Waals surface area contributed by atoms with E-state index in [1.165, 1.54) is 4.31 Å². The van der Waals surface area contributed by atoms with E-state index in [-0.39, 0.29) is 24.5 Å². The van der Waals surface area contributed by atoms with Crippen molar-refractivity contribution in [3.63, 3.8) is 0 Å². The highest BCUT2D eigenvalue weighted by Crippen LogP contribution is 2.11. The van der Waals surface area contributed by atoms with Crippen LogP contribution in [0.4, 0.5) is 0 Å². The van der Waals surface area contributed by atoms with Gasteiger partial charge in [-0.2, -0.15) is 4.31 Å². The zero-order valence-corrected chi connectivity index (χ0v) is 14.8. The second-order valence-corrected chi connectivity index (χ2v) is 8.28. The number of hydrogen-bond acceptors (Lipinski definition) is 3. The smallest absolute Gasteiger partial charge is 0.235 e. The van der Waals surface area contributed by atoms with Crippen LogP contribution in [0.3, 0.4) is 0 Å². The van der Waals surface area contributed by atoms with Gasteiger partial charge in [-0.1, -0.05) is 36.8 Å². The molecular weight excluding hydrogens is 300 g/mol. The minimum Gasteiger partial charge on any atom is -0.350 e. The second kappa shape index (κ2) is 7.24. The minimum absolute atomic E-state index is 0.170. The first-order valence-electron chi connectivity index (χ1n) is 7.35. The molecule has 0 heterocycles. The minimum atomic E-state index is -3.46. The Bertz CT molecular complexity index is 607. The molecule has 0 fully saturated rings. The maximum Gasteiger partial charge on any atom is 0.235 e. The Morgan fingerprint density at radius 3 is 2.23 bits per heavy atom. The zero-order chi connectivity index (χ0) is 17.0. The van der Waals surface area contributed by atoms with Crippen molar-refractivity contribution in [3.8, 4) is 0 Å². The summed E-state index contributed by atoms with van der Waals surface area (Å²) in [6.45, 7) is 7.79. The fraction of sp³-hybridized carbons (Fsp3) is 0.562. The van der Waals surface area contributed by atoms with E-state index in [1.807, 2.05) is 52.0 Å². The van der Waals surface area contributed by atoms with Gasteiger partial charge in [-0.25, -0.2) is 8.42 Å². The highest BCUT2D eigenvalue weighted by Gasteiger charge is 2.24. The molecule has 0 aromatic heterocycles. The molecule has 0 spiro atoms. The van der Waals surface area contributed by atoms with E-state index in [4.69, 9.17) is 0 Å². The predicted molar refractivity (Wildman–Crippen MR) is 88.9 cm³/mol. The van der Waals surface area contributed by atoms with Crippen LogP contribution in [0.25, 0.3) is 0 Å². The van der Waals surface area contributed by atoms with E-state index in [0.29, 0.717) is 0 Å². The molecule has 1 aromatic rings. The summed E-state index contributed by atoms with van der Waals surface area (Å²) < 4.78 is 25.0. The molecule has 0 unspecified atom stereocenters. The van der Waals surface area contributed by atoms with E-state index in [9.17, 15) is 13.2 Å². The molecule has 1 rings (SSSR count). The molecule has 0 aliphatic rings. The summed E-state index contributed by atoms with van der Waals surface area (Å²) in [4.78, 5) is 12.1. The van der Waals surface area contributed by atoms with Gasteiger partial charge in [-0.05, 0) is 32.8 Å². The fourth-order valence-electron chi connectivity index (χ4n) is 1.85. The molecule has 0 bridgehead atoms. The molecule has 0 saturated carbocycles. The van der Waals surface area contributed by atoms with Crippen molar-refractivity contribution in [2.45, 2.75) is 46.2 Å². The summed E-state index contributed by atoms with van der Waals surface area (Å²) in [5.74, 6) is -0.288. The van der Waals surface area contributed by atoms with Crippen LogP contribution in [0.15, 0.2) is 24.3 Å². The van der Waals surface area contributed by atoms with Gasteiger partial charge in [0.25, 0.3) is 0 Å². The molecular formula is C16H26N2O3S. The molecule has 1 amide bonds. The normalized spacial score (nSPS) is 12.5. The molecule has 5 nitrogen and oxygen atoms in total. The molecule has 6 heteroatoms. The van der Waals surface area contributed by atoms with Crippen molar-refractivity contribution >= 4 is 15.9 Å². The lowest BCUT2D eigenvalue weighted by Gasteiger charge is -2.27. The Balaban J connectivity index is 2.82. The molecule has 0 radical (unpaired) electrons. The Morgan fingerprint density at radius 2 is 1.77 bits per heavy atom. The van der Waals surface area contributed by atoms with E-state index in [2.05, 4.69) is 5.32 Å². The van der Waals surface area contributed by atoms with Crippen molar-refractivity contribution in [2.24, 2.45) is 0 Å². The second-order valence-electron chi connectivity index (χ2n) is 6.30. The number of nitrogens with zero attached hydrogens (tertiary/aromatic N) is 1. The molecule has 124 valence electrons. The van der Waals surface area contributed by atoms with E-state index >= 15 is 0 Å². The van der Waals surface area contributed by atoms with Crippen LogP contribution in [-0.2, 0) is 21.4 Å². The van der Waals surface area contributed by atoms with Gasteiger partial charge in [0, 0.05) is 12.1 Å². The number of benzene rings is 1. The monoisotopic (exact) mass is 326 g/mol. The maximum absolute atomic E-state index is 12.1. The first kappa shape index (κ1) is 18.6. The average Bonchev–Trinajstić information content (AvgIpc) is 2.39. The fourth-order valence-corrected chi connectivity index (χ4v) is 2.59. The van der Waals surface area contributed by atoms with Gasteiger partial charge < -0.3 is 5.32 Å². The van der Waals surface area contributed by atoms with Gasteiger partial charge in [0.2, 0.25) is 15.9 Å². The number of carbonyl (C=O) groups excluding carboxylic acids is 1. The number of hydrogen-bond donors (Lipinski definition) is 1. The lowest BCUT2D eigenvalue weighted by molar-refractivity contribution is -0.123. The van der Waals surface area contributed by atoms with Gasteiger partial charge in [0.15, 0.2) is 0 Å². The van der Waals surface area contributed by atoms with Crippen LogP contribution in [-0.4, -0.2) is 37.0 Å². The van der Waals surface area contributed by atoms with Crippen LogP contribution in [0.2, 0.25) is 0 Å². The first-order chi connectivity index (χ1) is 10.0. The number of sulfonamides is 1. The highest BCUT2D eigenvalue weighted by atomic mass is 32.2. The number of aryl methyl sites for hydroxylation is 1. The van der Waals surface area contributed by atoms with Crippen molar-refractivity contribution in [3.05, 3.63) is 35.4 Å². The predicted octanol–water partition coefficient (Wildman–Crippen LogP) is 2.06. The quantitative estimate of drug-likeness (QED) is 0.834. The van der Waals surface area contributed by atoms with E-state index in [0.717, 1.165) is 23.8 Å². The summed E-state index contributed by atoms with van der Waals surface area (Å²) in [7, 11) is -3.46. The lowest BCUT2D eigenvalue weighted by atomic mass is 10.0. The van der Waals surface area contributed by atoms with E-state index in [1.54, 1.807) is 0 Å². The van der Waals surface area contributed by atoms with Crippen molar-refractivity contribution in [1.82, 2.24) is 9.62 Å². The first-order valence-corrected chi connectivity index (χ1v) is 9.20. The van der Waals surface area contributed by atoms with Crippen molar-refractivity contribution < 1.29 is 13.2 Å². The highest BCUT2D eigenvalue weighted by molar-refractivity contribution is 7.88. The third-order valence-corrected chi connectivity index (χ3v) is 4.83. The van der Waals surface area contributed by atoms with Crippen molar-refractivity contribution in [1.29, 1.82) is 0 Å². The van der Waals surface area contributed by atoms with Crippen LogP contribution in [0, 0.1) is 6.92 Å². The Hall–Kier alpha value is -1.40. The van der Waals surface area contributed by atoms with Crippen LogP contribution < -0.4 is 5.32 Å². The Labute approximate surface area is 133 Å². The Kier molecular flexibility index (Phi) is 6.14. The summed E-state index contributed by atoms with van der Waals surface area (Å²) in [5, 5.41) is 2.86. The van der Waals surface area contributed by atoms with Gasteiger partial charge in [0.05, 0.1) is 12.8 Å². The molecule has 1 N–H and O–H groups in total. The maximum atomic E-state index is 12.1. The molecule has 0 saturated heterocycles. The van der Waals surface area contributed by atoms with E-state index < -0.39 is 10.0 Å². The van der Waals surface area contributed by atoms with Gasteiger partial charge in [0.1, 0.15) is 0 Å². The average molecular weight is 326 g/mol. The van der Waals surface area contributed by atoms with Crippen LogP contribution in [0.5, 0.6) is 0 Å². The summed E-state index contributed by atoms with van der Waals surface area (Å²) in [5.41, 5.74) is 1.63.